The Labute approximate surface area is 82.0 Å². The predicted molar refractivity (Wildman–Crippen MR) is 54.7 cm³/mol. The quantitative estimate of drug-likeness (QED) is 0.621. The first-order valence-electron chi connectivity index (χ1n) is 4.33. The summed E-state index contributed by atoms with van der Waals surface area (Å²) in [5.74, 6) is 5.53. The zero-order valence-corrected chi connectivity index (χ0v) is 7.86. The molecule has 0 radical (unpaired) electrons. The molecule has 1 aromatic carbocycles. The standard InChI is InChI=1S/C11H10N2O/c1-13-8-10-9(5-3-7-14)4-2-6-11(10)12-13/h2,4,6,8,14H,7H2,1H3. The third kappa shape index (κ3) is 1.48. The van der Waals surface area contributed by atoms with Crippen molar-refractivity contribution in [1.82, 2.24) is 9.78 Å². The zero-order chi connectivity index (χ0) is 9.97. The number of hydrogen-bond donors (Lipinski definition) is 1. The molecule has 0 amide bonds. The van der Waals surface area contributed by atoms with Gasteiger partial charge in [-0.2, -0.15) is 5.10 Å². The van der Waals surface area contributed by atoms with Gasteiger partial charge in [0.05, 0.1) is 5.52 Å². The molecule has 3 heteroatoms. The van der Waals surface area contributed by atoms with Gasteiger partial charge in [0.15, 0.2) is 0 Å². The van der Waals surface area contributed by atoms with Crippen molar-refractivity contribution in [3.05, 3.63) is 30.0 Å². The van der Waals surface area contributed by atoms with Gasteiger partial charge in [-0.3, -0.25) is 4.68 Å². The lowest BCUT2D eigenvalue weighted by molar-refractivity contribution is 0.350. The molecular formula is C11H10N2O. The van der Waals surface area contributed by atoms with Gasteiger partial charge in [-0.1, -0.05) is 17.9 Å². The molecule has 0 atom stereocenters. The van der Waals surface area contributed by atoms with Crippen LogP contribution in [-0.4, -0.2) is 21.5 Å². The average molecular weight is 186 g/mol. The highest BCUT2D eigenvalue weighted by atomic mass is 16.2. The fourth-order valence-electron chi connectivity index (χ4n) is 1.41. The Hall–Kier alpha value is -1.79. The number of benzene rings is 1. The summed E-state index contributed by atoms with van der Waals surface area (Å²) in [6, 6.07) is 5.78. The molecule has 70 valence electrons. The maximum absolute atomic E-state index is 8.61. The number of aromatic nitrogens is 2. The second kappa shape index (κ2) is 3.52. The van der Waals surface area contributed by atoms with Gasteiger partial charge in [0.25, 0.3) is 0 Å². The average Bonchev–Trinajstić information content (AvgIpc) is 2.55. The Balaban J connectivity index is 2.64. The normalized spacial score (nSPS) is 9.86. The number of aliphatic hydroxyl groups is 1. The number of aliphatic hydroxyl groups excluding tert-OH is 1. The minimum atomic E-state index is -0.114. The Bertz CT molecular complexity index is 517. The fraction of sp³-hybridized carbons (Fsp3) is 0.182. The highest BCUT2D eigenvalue weighted by molar-refractivity contribution is 5.84. The molecule has 0 spiro atoms. The fourth-order valence-corrected chi connectivity index (χ4v) is 1.41. The molecular weight excluding hydrogens is 176 g/mol. The maximum atomic E-state index is 8.61. The van der Waals surface area contributed by atoms with E-state index in [9.17, 15) is 0 Å². The molecule has 0 saturated heterocycles. The van der Waals surface area contributed by atoms with Crippen LogP contribution in [0.2, 0.25) is 0 Å². The van der Waals surface area contributed by atoms with Crippen LogP contribution < -0.4 is 0 Å². The molecule has 3 nitrogen and oxygen atoms in total. The van der Waals surface area contributed by atoms with Crippen molar-refractivity contribution < 1.29 is 5.11 Å². The Morgan fingerprint density at radius 1 is 1.50 bits per heavy atom. The molecule has 2 aromatic rings. The van der Waals surface area contributed by atoms with Gasteiger partial charge < -0.3 is 5.11 Å². The molecule has 0 aliphatic carbocycles. The van der Waals surface area contributed by atoms with E-state index in [0.717, 1.165) is 16.5 Å². The van der Waals surface area contributed by atoms with Gasteiger partial charge in [0.2, 0.25) is 0 Å². The van der Waals surface area contributed by atoms with Crippen molar-refractivity contribution in [3.63, 3.8) is 0 Å². The van der Waals surface area contributed by atoms with Crippen LogP contribution in [0.25, 0.3) is 10.9 Å². The second-order valence-corrected chi connectivity index (χ2v) is 3.00. The maximum Gasteiger partial charge on any atom is 0.104 e. The van der Waals surface area contributed by atoms with Gasteiger partial charge in [0.1, 0.15) is 6.61 Å². The summed E-state index contributed by atoms with van der Waals surface area (Å²) in [4.78, 5) is 0. The molecule has 1 aromatic heterocycles. The van der Waals surface area contributed by atoms with Crippen LogP contribution in [0.3, 0.4) is 0 Å². The van der Waals surface area contributed by atoms with E-state index >= 15 is 0 Å². The molecule has 0 aliphatic rings. The molecule has 14 heavy (non-hydrogen) atoms. The molecule has 0 saturated carbocycles. The van der Waals surface area contributed by atoms with Crippen molar-refractivity contribution in [2.75, 3.05) is 6.61 Å². The van der Waals surface area contributed by atoms with Gasteiger partial charge in [0, 0.05) is 24.2 Å². The van der Waals surface area contributed by atoms with E-state index in [-0.39, 0.29) is 6.61 Å². The summed E-state index contributed by atoms with van der Waals surface area (Å²) in [5.41, 5.74) is 1.84. The van der Waals surface area contributed by atoms with Crippen molar-refractivity contribution in [2.45, 2.75) is 0 Å². The van der Waals surface area contributed by atoms with Gasteiger partial charge in [-0.25, -0.2) is 0 Å². The van der Waals surface area contributed by atoms with E-state index in [1.165, 1.54) is 0 Å². The van der Waals surface area contributed by atoms with E-state index in [2.05, 4.69) is 16.9 Å². The van der Waals surface area contributed by atoms with Crippen molar-refractivity contribution in [2.24, 2.45) is 7.05 Å². The first kappa shape index (κ1) is 8.79. The lowest BCUT2D eigenvalue weighted by atomic mass is 10.1. The Morgan fingerprint density at radius 2 is 2.36 bits per heavy atom. The highest BCUT2D eigenvalue weighted by Gasteiger charge is 2.00. The number of hydrogen-bond acceptors (Lipinski definition) is 2. The van der Waals surface area contributed by atoms with E-state index in [0.29, 0.717) is 0 Å². The number of fused-ring (bicyclic) bond motifs is 1. The third-order valence-corrected chi connectivity index (χ3v) is 1.97. The molecule has 0 fully saturated rings. The van der Waals surface area contributed by atoms with Crippen LogP contribution in [0, 0.1) is 11.8 Å². The summed E-state index contributed by atoms with van der Waals surface area (Å²) in [6.45, 7) is -0.114. The minimum Gasteiger partial charge on any atom is -0.384 e. The van der Waals surface area contributed by atoms with E-state index in [1.54, 1.807) is 4.68 Å². The van der Waals surface area contributed by atoms with E-state index < -0.39 is 0 Å². The van der Waals surface area contributed by atoms with Crippen molar-refractivity contribution >= 4 is 10.9 Å². The molecule has 0 bridgehead atoms. The van der Waals surface area contributed by atoms with Gasteiger partial charge in [-0.15, -0.1) is 0 Å². The van der Waals surface area contributed by atoms with Crippen LogP contribution >= 0.6 is 0 Å². The molecule has 1 N–H and O–H groups in total. The number of nitrogens with zero attached hydrogens (tertiary/aromatic N) is 2. The van der Waals surface area contributed by atoms with E-state index in [4.69, 9.17) is 5.11 Å². The van der Waals surface area contributed by atoms with Crippen LogP contribution in [0.15, 0.2) is 24.4 Å². The smallest absolute Gasteiger partial charge is 0.104 e. The van der Waals surface area contributed by atoms with Crippen LogP contribution in [0.5, 0.6) is 0 Å². The van der Waals surface area contributed by atoms with E-state index in [1.807, 2.05) is 31.4 Å². The molecule has 1 heterocycles. The van der Waals surface area contributed by atoms with Gasteiger partial charge >= 0.3 is 0 Å². The van der Waals surface area contributed by atoms with Crippen LogP contribution in [0.1, 0.15) is 5.56 Å². The second-order valence-electron chi connectivity index (χ2n) is 3.00. The summed E-state index contributed by atoms with van der Waals surface area (Å²) in [5, 5.41) is 13.9. The van der Waals surface area contributed by atoms with Crippen LogP contribution in [-0.2, 0) is 7.05 Å². The first-order valence-corrected chi connectivity index (χ1v) is 4.33. The molecule has 0 aliphatic heterocycles. The van der Waals surface area contributed by atoms with Crippen molar-refractivity contribution in [3.8, 4) is 11.8 Å². The summed E-state index contributed by atoms with van der Waals surface area (Å²) in [6.07, 6.45) is 1.93. The molecule has 0 unspecified atom stereocenters. The van der Waals surface area contributed by atoms with Crippen LogP contribution in [0.4, 0.5) is 0 Å². The number of aryl methyl sites for hydroxylation is 1. The highest BCUT2D eigenvalue weighted by Crippen LogP contribution is 2.15. The minimum absolute atomic E-state index is 0.114. The Kier molecular flexibility index (Phi) is 2.21. The van der Waals surface area contributed by atoms with Crippen molar-refractivity contribution in [1.29, 1.82) is 0 Å². The third-order valence-electron chi connectivity index (χ3n) is 1.97. The monoisotopic (exact) mass is 186 g/mol. The topological polar surface area (TPSA) is 38.0 Å². The summed E-state index contributed by atoms with van der Waals surface area (Å²) in [7, 11) is 1.88. The first-order chi connectivity index (χ1) is 6.81. The summed E-state index contributed by atoms with van der Waals surface area (Å²) < 4.78 is 1.76. The van der Waals surface area contributed by atoms with Gasteiger partial charge in [-0.05, 0) is 12.1 Å². The number of rotatable bonds is 0. The SMILES string of the molecule is Cn1cc2c(C#CCO)cccc2n1. The summed E-state index contributed by atoms with van der Waals surface area (Å²) >= 11 is 0. The predicted octanol–water partition coefficient (Wildman–Crippen LogP) is 0.917. The largest absolute Gasteiger partial charge is 0.384 e. The lowest BCUT2D eigenvalue weighted by Gasteiger charge is -1.90. The zero-order valence-electron chi connectivity index (χ0n) is 7.86. The molecule has 2 rings (SSSR count). The lowest BCUT2D eigenvalue weighted by Crippen LogP contribution is -1.84. The Morgan fingerprint density at radius 3 is 3.14 bits per heavy atom.